The molecule has 114 valence electrons. The molecule has 0 aromatic heterocycles. The van der Waals surface area contributed by atoms with Gasteiger partial charge in [-0.3, -0.25) is 0 Å². The van der Waals surface area contributed by atoms with Crippen LogP contribution in [0.1, 0.15) is 0 Å². The monoisotopic (exact) mass is 759 g/mol. The van der Waals surface area contributed by atoms with Crippen LogP contribution in [0.25, 0.3) is 0 Å². The van der Waals surface area contributed by atoms with Crippen molar-refractivity contribution >= 4 is 100 Å². The summed E-state index contributed by atoms with van der Waals surface area (Å²) in [5, 5.41) is -4.55. The molecule has 20 heavy (non-hydrogen) atoms. The molecule has 0 bridgehead atoms. The highest BCUT2D eigenvalue weighted by Crippen LogP contribution is 2.37. The molecule has 0 saturated heterocycles. The zero-order valence-corrected chi connectivity index (χ0v) is 18.3. The van der Waals surface area contributed by atoms with Crippen LogP contribution in [0.2, 0.25) is 0 Å². The fourth-order valence-corrected chi connectivity index (χ4v) is 4.53. The molecule has 1 rings (SSSR count). The predicted molar refractivity (Wildman–Crippen MR) is 97.4 cm³/mol. The number of alkyl halides is 2. The lowest BCUT2D eigenvalue weighted by atomic mass is 10.3. The Morgan fingerprint density at radius 3 is 1.80 bits per heavy atom. The molecule has 0 fully saturated rings. The summed E-state index contributed by atoms with van der Waals surface area (Å²) in [5.74, 6) is -0.597. The summed E-state index contributed by atoms with van der Waals surface area (Å²) >= 11 is 6.74. The van der Waals surface area contributed by atoms with Crippen molar-refractivity contribution in [3.63, 3.8) is 0 Å². The van der Waals surface area contributed by atoms with Crippen molar-refractivity contribution in [2.75, 3.05) is 6.61 Å². The molecule has 0 spiro atoms. The number of hydrogen-bond acceptors (Lipinski definition) is 4. The molecule has 0 unspecified atom stereocenters. The van der Waals surface area contributed by atoms with Gasteiger partial charge in [0, 0.05) is 0 Å². The quantitative estimate of drug-likeness (QED) is 0.203. The Labute approximate surface area is 166 Å². The second kappa shape index (κ2) is 7.04. The number of hydrogen-bond donors (Lipinski definition) is 0. The summed E-state index contributed by atoms with van der Waals surface area (Å²) in [6.45, 7) is -1.62. The third-order valence-electron chi connectivity index (χ3n) is 1.92. The van der Waals surface area contributed by atoms with Gasteiger partial charge in [-0.25, -0.2) is 12.8 Å². The van der Waals surface area contributed by atoms with E-state index in [0.29, 0.717) is 0 Å². The molecule has 1 aromatic rings. The van der Waals surface area contributed by atoms with Gasteiger partial charge in [-0.2, -0.15) is 8.78 Å². The summed E-state index contributed by atoms with van der Waals surface area (Å²) in [6.07, 6.45) is 0. The number of rotatable bonds is 4. The van der Waals surface area contributed by atoms with Crippen LogP contribution in [0.5, 0.6) is 5.75 Å². The van der Waals surface area contributed by atoms with Gasteiger partial charge in [0.1, 0.15) is 5.75 Å². The van der Waals surface area contributed by atoms with Crippen molar-refractivity contribution in [3.05, 3.63) is 20.1 Å². The first-order chi connectivity index (χ1) is 8.90. The minimum Gasteiger partial charge on any atom is -0.743 e. The third-order valence-corrected chi connectivity index (χ3v) is 8.92. The SMILES string of the molecule is O=S(=O)([O-])C(F)(F)COc1c(I)c(I)c(F)c(I)c1I. The molecule has 0 saturated carbocycles. The van der Waals surface area contributed by atoms with Gasteiger partial charge in [-0.15, -0.1) is 0 Å². The summed E-state index contributed by atoms with van der Waals surface area (Å²) in [5.41, 5.74) is 0. The maximum atomic E-state index is 13.7. The normalized spacial score (nSPS) is 12.6. The van der Waals surface area contributed by atoms with E-state index < -0.39 is 27.8 Å². The van der Waals surface area contributed by atoms with Crippen molar-refractivity contribution in [2.45, 2.75) is 5.25 Å². The van der Waals surface area contributed by atoms with Gasteiger partial charge < -0.3 is 9.29 Å². The Hall–Kier alpha value is 1.64. The average molecular weight is 759 g/mol. The molecule has 0 aliphatic heterocycles. The van der Waals surface area contributed by atoms with Crippen LogP contribution in [0.15, 0.2) is 0 Å². The molecular weight excluding hydrogens is 757 g/mol. The van der Waals surface area contributed by atoms with E-state index in [1.54, 1.807) is 90.4 Å². The van der Waals surface area contributed by atoms with Gasteiger partial charge in [0.25, 0.3) is 0 Å². The van der Waals surface area contributed by atoms with Crippen molar-refractivity contribution in [3.8, 4) is 5.75 Å². The van der Waals surface area contributed by atoms with E-state index in [4.69, 9.17) is 4.74 Å². The molecule has 0 aliphatic carbocycles. The minimum atomic E-state index is -5.82. The first kappa shape index (κ1) is 19.7. The number of benzene rings is 1. The van der Waals surface area contributed by atoms with Crippen LogP contribution >= 0.6 is 90.4 Å². The lowest BCUT2D eigenvalue weighted by Crippen LogP contribution is -2.35. The van der Waals surface area contributed by atoms with Gasteiger partial charge in [-0.05, 0) is 90.4 Å². The first-order valence-corrected chi connectivity index (χ1v) is 10.1. The number of ether oxygens (including phenoxy) is 1. The molecule has 4 nitrogen and oxygen atoms in total. The van der Waals surface area contributed by atoms with Gasteiger partial charge >= 0.3 is 5.25 Å². The van der Waals surface area contributed by atoms with Crippen LogP contribution in [0, 0.1) is 20.1 Å². The van der Waals surface area contributed by atoms with E-state index in [1.165, 1.54) is 0 Å². The standard InChI is InChI=1S/C8H3F3I4O4S/c9-2-3(12)5(14)7(6(15)4(2)13)19-1-8(10,11)20(16,17)18/h1H2,(H,16,17,18)/p-1. The van der Waals surface area contributed by atoms with Gasteiger partial charge in [0.15, 0.2) is 22.5 Å². The summed E-state index contributed by atoms with van der Waals surface area (Å²) in [6, 6.07) is 0. The smallest absolute Gasteiger partial charge is 0.367 e. The van der Waals surface area contributed by atoms with E-state index in [0.717, 1.165) is 0 Å². The molecule has 0 radical (unpaired) electrons. The largest absolute Gasteiger partial charge is 0.743 e. The highest BCUT2D eigenvalue weighted by molar-refractivity contribution is 14.1. The molecule has 0 aliphatic rings. The van der Waals surface area contributed by atoms with E-state index in [1.807, 2.05) is 0 Å². The topological polar surface area (TPSA) is 66.4 Å². The van der Waals surface area contributed by atoms with Crippen molar-refractivity contribution in [1.82, 2.24) is 0 Å². The first-order valence-electron chi connectivity index (χ1n) is 4.37. The fourth-order valence-electron chi connectivity index (χ4n) is 0.940. The average Bonchev–Trinajstić information content (AvgIpc) is 2.32. The van der Waals surface area contributed by atoms with Crippen LogP contribution in [0.4, 0.5) is 13.2 Å². The zero-order valence-electron chi connectivity index (χ0n) is 8.89. The molecule has 0 N–H and O–H groups in total. The predicted octanol–water partition coefficient (Wildman–Crippen LogP) is 3.76. The Kier molecular flexibility index (Phi) is 6.92. The van der Waals surface area contributed by atoms with Crippen LogP contribution < -0.4 is 4.74 Å². The summed E-state index contributed by atoms with van der Waals surface area (Å²) < 4.78 is 76.5. The highest BCUT2D eigenvalue weighted by Gasteiger charge is 2.39. The van der Waals surface area contributed by atoms with E-state index in [-0.39, 0.29) is 20.0 Å². The molecule has 0 atom stereocenters. The lowest BCUT2D eigenvalue weighted by molar-refractivity contribution is 0.0272. The maximum absolute atomic E-state index is 13.7. The Morgan fingerprint density at radius 2 is 1.45 bits per heavy atom. The van der Waals surface area contributed by atoms with Gasteiger partial charge in [0.05, 0.1) is 14.3 Å². The van der Waals surface area contributed by atoms with E-state index in [2.05, 4.69) is 0 Å². The van der Waals surface area contributed by atoms with Crippen LogP contribution in [-0.4, -0.2) is 24.8 Å². The van der Waals surface area contributed by atoms with Crippen molar-refractivity contribution < 1.29 is 30.9 Å². The zero-order chi connectivity index (χ0) is 15.9. The van der Waals surface area contributed by atoms with Crippen molar-refractivity contribution in [2.24, 2.45) is 0 Å². The van der Waals surface area contributed by atoms with E-state index in [9.17, 15) is 26.1 Å². The third kappa shape index (κ3) is 4.13. The number of halogens is 7. The lowest BCUT2D eigenvalue weighted by Gasteiger charge is -2.21. The van der Waals surface area contributed by atoms with Gasteiger partial charge in [-0.1, -0.05) is 0 Å². The Bertz CT molecular complexity index is 621. The molecular formula is C8H2F3I4O4S-. The summed E-state index contributed by atoms with van der Waals surface area (Å²) in [7, 11) is -5.82. The molecule has 12 heteroatoms. The Balaban J connectivity index is 3.19. The summed E-state index contributed by atoms with van der Waals surface area (Å²) in [4.78, 5) is 0. The second-order valence-electron chi connectivity index (χ2n) is 3.28. The molecule has 1 aromatic carbocycles. The Morgan fingerprint density at radius 1 is 1.05 bits per heavy atom. The highest BCUT2D eigenvalue weighted by atomic mass is 127. The second-order valence-corrected chi connectivity index (χ2v) is 9.10. The molecule has 0 heterocycles. The van der Waals surface area contributed by atoms with Crippen LogP contribution in [0.3, 0.4) is 0 Å². The maximum Gasteiger partial charge on any atom is 0.367 e. The van der Waals surface area contributed by atoms with Crippen LogP contribution in [-0.2, 0) is 10.1 Å². The van der Waals surface area contributed by atoms with Gasteiger partial charge in [0.2, 0.25) is 0 Å². The fraction of sp³-hybridized carbons (Fsp3) is 0.250. The van der Waals surface area contributed by atoms with E-state index >= 15 is 0 Å². The minimum absolute atomic E-state index is 0.0790. The van der Waals surface area contributed by atoms with Crippen molar-refractivity contribution in [1.29, 1.82) is 0 Å². The molecule has 0 amide bonds.